The molecule has 1 aliphatic rings. The smallest absolute Gasteiger partial charge is 0.0139 e. The van der Waals surface area contributed by atoms with E-state index in [0.717, 1.165) is 12.5 Å². The molecule has 0 aromatic carbocycles. The van der Waals surface area contributed by atoms with Gasteiger partial charge in [-0.05, 0) is 46.3 Å². The molecule has 0 radical (unpaired) electrons. The Hall–Kier alpha value is -0.120. The molecule has 0 aliphatic carbocycles. The summed E-state index contributed by atoms with van der Waals surface area (Å²) in [5, 5.41) is 0. The van der Waals surface area contributed by atoms with Gasteiger partial charge in [-0.2, -0.15) is 0 Å². The van der Waals surface area contributed by atoms with Gasteiger partial charge in [-0.1, -0.05) is 0 Å². The molecule has 0 saturated carbocycles. The third-order valence-corrected chi connectivity index (χ3v) is 2.89. The molecule has 0 amide bonds. The highest BCUT2D eigenvalue weighted by molar-refractivity contribution is 4.74. The normalized spacial score (nSPS) is 26.8. The highest BCUT2D eigenvalue weighted by atomic mass is 15.1. The predicted molar refractivity (Wildman–Crippen MR) is 61.4 cm³/mol. The standard InChI is InChI=1S/C11H25N3/c1-10(12)7-14(3)9-11-5-4-6-13(2)8-11/h10-11H,4-9,12H2,1-3H3. The van der Waals surface area contributed by atoms with Gasteiger partial charge >= 0.3 is 0 Å². The molecule has 1 aliphatic heterocycles. The van der Waals surface area contributed by atoms with Gasteiger partial charge in [-0.15, -0.1) is 0 Å². The third kappa shape index (κ3) is 4.40. The van der Waals surface area contributed by atoms with Crippen molar-refractivity contribution < 1.29 is 0 Å². The Labute approximate surface area is 88.2 Å². The number of likely N-dealkylation sites (tertiary alicyclic amines) is 1. The largest absolute Gasteiger partial charge is 0.327 e. The van der Waals surface area contributed by atoms with Crippen molar-refractivity contribution >= 4 is 0 Å². The Morgan fingerprint density at radius 2 is 2.29 bits per heavy atom. The van der Waals surface area contributed by atoms with E-state index in [1.165, 1.54) is 32.5 Å². The van der Waals surface area contributed by atoms with E-state index in [0.29, 0.717) is 6.04 Å². The number of rotatable bonds is 4. The minimum absolute atomic E-state index is 0.293. The molecular weight excluding hydrogens is 174 g/mol. The molecule has 1 fully saturated rings. The maximum atomic E-state index is 5.77. The van der Waals surface area contributed by atoms with Crippen molar-refractivity contribution in [3.05, 3.63) is 0 Å². The molecule has 2 N–H and O–H groups in total. The summed E-state index contributed by atoms with van der Waals surface area (Å²) in [6.45, 7) is 6.81. The lowest BCUT2D eigenvalue weighted by molar-refractivity contribution is 0.164. The van der Waals surface area contributed by atoms with Crippen molar-refractivity contribution in [2.45, 2.75) is 25.8 Å². The Morgan fingerprint density at radius 3 is 2.86 bits per heavy atom. The summed E-state index contributed by atoms with van der Waals surface area (Å²) in [4.78, 5) is 4.81. The Morgan fingerprint density at radius 1 is 1.57 bits per heavy atom. The van der Waals surface area contributed by atoms with Crippen LogP contribution in [0.4, 0.5) is 0 Å². The first-order chi connectivity index (χ1) is 6.58. The molecule has 0 aromatic heterocycles. The quantitative estimate of drug-likeness (QED) is 0.720. The maximum absolute atomic E-state index is 5.77. The molecule has 3 nitrogen and oxygen atoms in total. The second-order valence-corrected chi connectivity index (χ2v) is 4.97. The molecule has 1 saturated heterocycles. The van der Waals surface area contributed by atoms with Crippen LogP contribution in [-0.2, 0) is 0 Å². The van der Waals surface area contributed by atoms with Crippen molar-refractivity contribution in [2.75, 3.05) is 40.3 Å². The van der Waals surface area contributed by atoms with E-state index in [9.17, 15) is 0 Å². The predicted octanol–water partition coefficient (Wildman–Crippen LogP) is 0.607. The van der Waals surface area contributed by atoms with Crippen molar-refractivity contribution in [3.63, 3.8) is 0 Å². The molecule has 0 spiro atoms. The Bertz CT molecular complexity index is 159. The van der Waals surface area contributed by atoms with E-state index in [-0.39, 0.29) is 0 Å². The summed E-state index contributed by atoms with van der Waals surface area (Å²) in [5.74, 6) is 0.845. The summed E-state index contributed by atoms with van der Waals surface area (Å²) in [5.41, 5.74) is 5.77. The van der Waals surface area contributed by atoms with E-state index < -0.39 is 0 Å². The fraction of sp³-hybridized carbons (Fsp3) is 1.00. The lowest BCUT2D eigenvalue weighted by Crippen LogP contribution is -2.41. The minimum Gasteiger partial charge on any atom is -0.327 e. The van der Waals surface area contributed by atoms with Gasteiger partial charge < -0.3 is 15.5 Å². The molecular formula is C11H25N3. The van der Waals surface area contributed by atoms with Crippen LogP contribution in [0.25, 0.3) is 0 Å². The Kier molecular flexibility index (Phi) is 4.85. The molecule has 0 aromatic rings. The van der Waals surface area contributed by atoms with Gasteiger partial charge in [0.2, 0.25) is 0 Å². The van der Waals surface area contributed by atoms with Gasteiger partial charge in [0.15, 0.2) is 0 Å². The van der Waals surface area contributed by atoms with Crippen LogP contribution in [0.1, 0.15) is 19.8 Å². The minimum atomic E-state index is 0.293. The summed E-state index contributed by atoms with van der Waals surface area (Å²) < 4.78 is 0. The van der Waals surface area contributed by atoms with Crippen LogP contribution < -0.4 is 5.73 Å². The zero-order valence-electron chi connectivity index (χ0n) is 9.87. The molecule has 2 unspecified atom stereocenters. The highest BCUT2D eigenvalue weighted by Gasteiger charge is 2.18. The maximum Gasteiger partial charge on any atom is 0.0139 e. The molecule has 2 atom stereocenters. The second kappa shape index (κ2) is 5.69. The van der Waals surface area contributed by atoms with Gasteiger partial charge in [-0.3, -0.25) is 0 Å². The molecule has 3 heteroatoms. The van der Waals surface area contributed by atoms with Gasteiger partial charge in [0.05, 0.1) is 0 Å². The zero-order valence-corrected chi connectivity index (χ0v) is 9.87. The second-order valence-electron chi connectivity index (χ2n) is 4.97. The third-order valence-electron chi connectivity index (χ3n) is 2.89. The summed E-state index contributed by atoms with van der Waals surface area (Å²) in [6, 6.07) is 0.293. The highest BCUT2D eigenvalue weighted by Crippen LogP contribution is 2.15. The van der Waals surface area contributed by atoms with Crippen molar-refractivity contribution in [3.8, 4) is 0 Å². The van der Waals surface area contributed by atoms with Gasteiger partial charge in [0.1, 0.15) is 0 Å². The average molecular weight is 199 g/mol. The molecule has 14 heavy (non-hydrogen) atoms. The van der Waals surface area contributed by atoms with E-state index in [2.05, 4.69) is 30.8 Å². The van der Waals surface area contributed by atoms with Crippen LogP contribution in [0.5, 0.6) is 0 Å². The fourth-order valence-electron chi connectivity index (χ4n) is 2.43. The molecule has 0 bridgehead atoms. The van der Waals surface area contributed by atoms with Crippen LogP contribution in [0.3, 0.4) is 0 Å². The number of likely N-dealkylation sites (N-methyl/N-ethyl adjacent to an activating group) is 1. The van der Waals surface area contributed by atoms with Gasteiger partial charge in [0.25, 0.3) is 0 Å². The van der Waals surface area contributed by atoms with Crippen LogP contribution in [0.15, 0.2) is 0 Å². The summed E-state index contributed by atoms with van der Waals surface area (Å²) in [6.07, 6.45) is 2.74. The van der Waals surface area contributed by atoms with Crippen LogP contribution >= 0.6 is 0 Å². The van der Waals surface area contributed by atoms with E-state index in [1.54, 1.807) is 0 Å². The number of nitrogens with zero attached hydrogens (tertiary/aromatic N) is 2. The first kappa shape index (κ1) is 12.0. The number of nitrogens with two attached hydrogens (primary N) is 1. The molecule has 1 heterocycles. The number of hydrogen-bond donors (Lipinski definition) is 1. The van der Waals surface area contributed by atoms with Crippen molar-refractivity contribution in [1.82, 2.24) is 9.80 Å². The zero-order chi connectivity index (χ0) is 10.6. The van der Waals surface area contributed by atoms with Gasteiger partial charge in [-0.25, -0.2) is 0 Å². The topological polar surface area (TPSA) is 32.5 Å². The SMILES string of the molecule is CC(N)CN(C)CC1CCCN(C)C1. The van der Waals surface area contributed by atoms with Gasteiger partial charge in [0, 0.05) is 25.7 Å². The average Bonchev–Trinajstić information content (AvgIpc) is 2.01. The van der Waals surface area contributed by atoms with Crippen LogP contribution in [-0.4, -0.2) is 56.1 Å². The van der Waals surface area contributed by atoms with E-state index in [1.807, 2.05) is 0 Å². The summed E-state index contributed by atoms with van der Waals surface area (Å²) >= 11 is 0. The van der Waals surface area contributed by atoms with E-state index >= 15 is 0 Å². The summed E-state index contributed by atoms with van der Waals surface area (Å²) in [7, 11) is 4.40. The number of piperidine rings is 1. The monoisotopic (exact) mass is 199 g/mol. The fourth-order valence-corrected chi connectivity index (χ4v) is 2.43. The van der Waals surface area contributed by atoms with E-state index in [4.69, 9.17) is 5.73 Å². The van der Waals surface area contributed by atoms with Crippen molar-refractivity contribution in [1.29, 1.82) is 0 Å². The lowest BCUT2D eigenvalue weighted by Gasteiger charge is -2.32. The number of hydrogen-bond acceptors (Lipinski definition) is 3. The first-order valence-electron chi connectivity index (χ1n) is 5.70. The van der Waals surface area contributed by atoms with Crippen LogP contribution in [0.2, 0.25) is 0 Å². The molecule has 84 valence electrons. The van der Waals surface area contributed by atoms with Crippen LogP contribution in [0, 0.1) is 5.92 Å². The Balaban J connectivity index is 2.21. The molecule has 1 rings (SSSR count). The van der Waals surface area contributed by atoms with Crippen molar-refractivity contribution in [2.24, 2.45) is 11.7 Å². The first-order valence-corrected chi connectivity index (χ1v) is 5.70. The lowest BCUT2D eigenvalue weighted by atomic mass is 9.98.